The van der Waals surface area contributed by atoms with E-state index in [1.54, 1.807) is 0 Å². The minimum absolute atomic E-state index is 0.131. The van der Waals surface area contributed by atoms with Gasteiger partial charge in [-0.15, -0.1) is 0 Å². The second-order valence-corrected chi connectivity index (χ2v) is 6.76. The Morgan fingerprint density at radius 2 is 2.21 bits per heavy atom. The summed E-state index contributed by atoms with van der Waals surface area (Å²) in [6.07, 6.45) is 4.12. The molecule has 1 aliphatic heterocycles. The Kier molecular flexibility index (Phi) is 4.00. The Balaban J connectivity index is 1.99. The summed E-state index contributed by atoms with van der Waals surface area (Å²) in [5, 5.41) is 0. The molecular formula is C15H24O4. The van der Waals surface area contributed by atoms with Gasteiger partial charge in [-0.2, -0.15) is 0 Å². The van der Waals surface area contributed by atoms with Crippen LogP contribution < -0.4 is 0 Å². The number of ketones is 1. The highest BCUT2D eigenvalue weighted by Gasteiger charge is 2.48. The van der Waals surface area contributed by atoms with E-state index in [9.17, 15) is 9.59 Å². The van der Waals surface area contributed by atoms with E-state index in [-0.39, 0.29) is 23.3 Å². The molecule has 0 unspecified atom stereocenters. The number of hydrogen-bond acceptors (Lipinski definition) is 4. The highest BCUT2D eigenvalue weighted by molar-refractivity contribution is 5.80. The lowest BCUT2D eigenvalue weighted by Crippen LogP contribution is -2.42. The van der Waals surface area contributed by atoms with Crippen LogP contribution in [0.3, 0.4) is 0 Å². The van der Waals surface area contributed by atoms with Crippen LogP contribution in [0, 0.1) is 5.92 Å². The Morgan fingerprint density at radius 3 is 2.84 bits per heavy atom. The van der Waals surface area contributed by atoms with Gasteiger partial charge in [-0.25, -0.2) is 0 Å². The quantitative estimate of drug-likeness (QED) is 0.722. The Hall–Kier alpha value is -0.900. The van der Waals surface area contributed by atoms with Crippen molar-refractivity contribution in [2.24, 2.45) is 5.92 Å². The van der Waals surface area contributed by atoms with Crippen LogP contribution in [0.4, 0.5) is 0 Å². The molecular weight excluding hydrogens is 244 g/mol. The first-order valence-corrected chi connectivity index (χ1v) is 7.18. The maximum atomic E-state index is 12.0. The van der Waals surface area contributed by atoms with Crippen molar-refractivity contribution in [3.63, 3.8) is 0 Å². The zero-order valence-electron chi connectivity index (χ0n) is 12.2. The van der Waals surface area contributed by atoms with Crippen LogP contribution in [0.1, 0.15) is 59.3 Å². The standard InChI is InChI=1S/C15H24O4/c1-14(2,3)19-13(17)9-11-6-8-18-15(11)7-4-5-12(16)10-15/h11H,4-10H2,1-3H3/t11-,15-/m0/s1. The van der Waals surface area contributed by atoms with Gasteiger partial charge in [0, 0.05) is 25.4 Å². The van der Waals surface area contributed by atoms with E-state index in [1.165, 1.54) is 0 Å². The van der Waals surface area contributed by atoms with Gasteiger partial charge in [0.25, 0.3) is 0 Å². The van der Waals surface area contributed by atoms with E-state index in [0.717, 1.165) is 19.3 Å². The normalized spacial score (nSPS) is 31.7. The zero-order valence-corrected chi connectivity index (χ0v) is 12.2. The van der Waals surface area contributed by atoms with E-state index < -0.39 is 5.60 Å². The first kappa shape index (κ1) is 14.5. The molecule has 1 saturated carbocycles. The summed E-state index contributed by atoms with van der Waals surface area (Å²) in [6.45, 7) is 6.27. The molecule has 0 aromatic rings. The summed E-state index contributed by atoms with van der Waals surface area (Å²) in [5.74, 6) is 0.217. The SMILES string of the molecule is CC(C)(C)OC(=O)C[C@@H]1CCO[C@]12CCCC(=O)C2. The fraction of sp³-hybridized carbons (Fsp3) is 0.867. The third kappa shape index (κ3) is 3.56. The predicted octanol–water partition coefficient (Wildman–Crippen LogP) is 2.64. The molecule has 19 heavy (non-hydrogen) atoms. The van der Waals surface area contributed by atoms with Gasteiger partial charge in [-0.1, -0.05) is 0 Å². The molecule has 1 aliphatic carbocycles. The molecule has 0 bridgehead atoms. The van der Waals surface area contributed by atoms with Gasteiger partial charge in [0.1, 0.15) is 11.4 Å². The number of carbonyl (C=O) groups excluding carboxylic acids is 2. The fourth-order valence-electron chi connectivity index (χ4n) is 3.22. The molecule has 1 spiro atoms. The number of ether oxygens (including phenoxy) is 2. The van der Waals surface area contributed by atoms with Crippen LogP contribution in [-0.4, -0.2) is 29.6 Å². The van der Waals surface area contributed by atoms with Crippen molar-refractivity contribution in [3.8, 4) is 0 Å². The van der Waals surface area contributed by atoms with Gasteiger partial charge in [0.2, 0.25) is 0 Å². The molecule has 0 aromatic heterocycles. The van der Waals surface area contributed by atoms with E-state index >= 15 is 0 Å². The molecule has 0 amide bonds. The fourth-order valence-corrected chi connectivity index (χ4v) is 3.22. The minimum Gasteiger partial charge on any atom is -0.460 e. The molecule has 0 N–H and O–H groups in total. The first-order chi connectivity index (χ1) is 8.81. The Labute approximate surface area is 114 Å². The monoisotopic (exact) mass is 268 g/mol. The summed E-state index contributed by atoms with van der Waals surface area (Å²) in [5.41, 5.74) is -0.835. The van der Waals surface area contributed by atoms with Gasteiger partial charge >= 0.3 is 5.97 Å². The number of carbonyl (C=O) groups is 2. The molecule has 0 aromatic carbocycles. The lowest BCUT2D eigenvalue weighted by atomic mass is 9.74. The van der Waals surface area contributed by atoms with E-state index in [0.29, 0.717) is 25.9 Å². The average Bonchev–Trinajstić information content (AvgIpc) is 2.58. The lowest BCUT2D eigenvalue weighted by molar-refractivity contribution is -0.159. The van der Waals surface area contributed by atoms with Gasteiger partial charge in [-0.3, -0.25) is 9.59 Å². The van der Waals surface area contributed by atoms with Gasteiger partial charge in [-0.05, 0) is 40.0 Å². The molecule has 2 atom stereocenters. The van der Waals surface area contributed by atoms with Crippen molar-refractivity contribution in [1.29, 1.82) is 0 Å². The van der Waals surface area contributed by atoms with E-state index in [4.69, 9.17) is 9.47 Å². The van der Waals surface area contributed by atoms with Crippen LogP contribution in [0.5, 0.6) is 0 Å². The van der Waals surface area contributed by atoms with Crippen molar-refractivity contribution in [2.75, 3.05) is 6.61 Å². The number of hydrogen-bond donors (Lipinski definition) is 0. The van der Waals surface area contributed by atoms with E-state index in [2.05, 4.69) is 0 Å². The molecule has 1 saturated heterocycles. The maximum absolute atomic E-state index is 12.0. The topological polar surface area (TPSA) is 52.6 Å². The summed E-state index contributed by atoms with van der Waals surface area (Å²) in [6, 6.07) is 0. The van der Waals surface area contributed by atoms with Crippen LogP contribution in [0.2, 0.25) is 0 Å². The largest absolute Gasteiger partial charge is 0.460 e. The van der Waals surface area contributed by atoms with E-state index in [1.807, 2.05) is 20.8 Å². The van der Waals surface area contributed by atoms with Gasteiger partial charge in [0.15, 0.2) is 0 Å². The summed E-state index contributed by atoms with van der Waals surface area (Å²) >= 11 is 0. The Morgan fingerprint density at radius 1 is 1.47 bits per heavy atom. The Bertz CT molecular complexity index is 369. The van der Waals surface area contributed by atoms with Crippen molar-refractivity contribution >= 4 is 11.8 Å². The summed E-state index contributed by atoms with van der Waals surface area (Å²) in [4.78, 5) is 23.6. The molecule has 4 nitrogen and oxygen atoms in total. The van der Waals surface area contributed by atoms with Crippen molar-refractivity contribution in [2.45, 2.75) is 70.5 Å². The van der Waals surface area contributed by atoms with Crippen LogP contribution in [-0.2, 0) is 19.1 Å². The van der Waals surface area contributed by atoms with Crippen LogP contribution in [0.15, 0.2) is 0 Å². The maximum Gasteiger partial charge on any atom is 0.306 e. The second-order valence-electron chi connectivity index (χ2n) is 6.76. The van der Waals surface area contributed by atoms with Crippen LogP contribution in [0.25, 0.3) is 0 Å². The molecule has 2 aliphatic rings. The number of Topliss-reactive ketones (excluding diaryl/α,β-unsaturated/α-hetero) is 1. The molecule has 0 radical (unpaired) electrons. The third-order valence-electron chi connectivity index (χ3n) is 3.98. The third-order valence-corrected chi connectivity index (χ3v) is 3.98. The molecule has 4 heteroatoms. The molecule has 108 valence electrons. The summed E-state index contributed by atoms with van der Waals surface area (Å²) in [7, 11) is 0. The zero-order chi connectivity index (χ0) is 14.1. The molecule has 2 fully saturated rings. The molecule has 1 heterocycles. The van der Waals surface area contributed by atoms with Crippen LogP contribution >= 0.6 is 0 Å². The van der Waals surface area contributed by atoms with Crippen molar-refractivity contribution in [1.82, 2.24) is 0 Å². The minimum atomic E-state index is -0.452. The van der Waals surface area contributed by atoms with Crippen molar-refractivity contribution < 1.29 is 19.1 Å². The highest BCUT2D eigenvalue weighted by Crippen LogP contribution is 2.44. The predicted molar refractivity (Wildman–Crippen MR) is 70.7 cm³/mol. The van der Waals surface area contributed by atoms with Gasteiger partial charge in [0.05, 0.1) is 12.0 Å². The average molecular weight is 268 g/mol. The second kappa shape index (κ2) is 5.23. The van der Waals surface area contributed by atoms with Crippen molar-refractivity contribution in [3.05, 3.63) is 0 Å². The van der Waals surface area contributed by atoms with Gasteiger partial charge < -0.3 is 9.47 Å². The highest BCUT2D eigenvalue weighted by atomic mass is 16.6. The smallest absolute Gasteiger partial charge is 0.306 e. The molecule has 2 rings (SSSR count). The number of rotatable bonds is 2. The number of esters is 1. The lowest BCUT2D eigenvalue weighted by Gasteiger charge is -2.37. The first-order valence-electron chi connectivity index (χ1n) is 7.18. The summed E-state index contributed by atoms with van der Waals surface area (Å²) < 4.78 is 11.2.